The average Bonchev–Trinajstić information content (AvgIpc) is 3.84. The molecule has 10 rings (SSSR count). The molecule has 0 atom stereocenters. The third-order valence-corrected chi connectivity index (χ3v) is 10.1. The van der Waals surface area contributed by atoms with Crippen molar-refractivity contribution in [1.29, 1.82) is 0 Å². The first-order valence-corrected chi connectivity index (χ1v) is 17.9. The highest BCUT2D eigenvalue weighted by molar-refractivity contribution is 6.17. The van der Waals surface area contributed by atoms with E-state index < -0.39 is 0 Å². The summed E-state index contributed by atoms with van der Waals surface area (Å²) in [6.07, 6.45) is 0. The first-order valence-electron chi connectivity index (χ1n) is 17.9. The van der Waals surface area contributed by atoms with Crippen LogP contribution in [0.5, 0.6) is 0 Å². The summed E-state index contributed by atoms with van der Waals surface area (Å²) in [7, 11) is 0. The van der Waals surface area contributed by atoms with Crippen LogP contribution in [0, 0.1) is 0 Å². The predicted molar refractivity (Wildman–Crippen MR) is 220 cm³/mol. The zero-order valence-corrected chi connectivity index (χ0v) is 28.8. The van der Waals surface area contributed by atoms with Gasteiger partial charge < -0.3 is 13.7 Å². The molecule has 8 aromatic carbocycles. The van der Waals surface area contributed by atoms with E-state index in [-0.39, 0.29) is 0 Å². The van der Waals surface area contributed by atoms with Gasteiger partial charge in [-0.2, -0.15) is 0 Å². The maximum Gasteiger partial charge on any atom is 0.146 e. The molecule has 2 aromatic heterocycles. The van der Waals surface area contributed by atoms with Gasteiger partial charge in [0, 0.05) is 33.4 Å². The van der Waals surface area contributed by atoms with Gasteiger partial charge in [-0.1, -0.05) is 133 Å². The summed E-state index contributed by atoms with van der Waals surface area (Å²) in [6.45, 7) is 0. The van der Waals surface area contributed by atoms with E-state index in [4.69, 9.17) is 8.83 Å². The van der Waals surface area contributed by atoms with E-state index in [0.717, 1.165) is 72.4 Å². The summed E-state index contributed by atoms with van der Waals surface area (Å²) >= 11 is 0. The highest BCUT2D eigenvalue weighted by Gasteiger charge is 2.17. The molecule has 0 amide bonds. The fraction of sp³-hybridized carbons (Fsp3) is 0. The van der Waals surface area contributed by atoms with Crippen molar-refractivity contribution in [2.24, 2.45) is 0 Å². The van der Waals surface area contributed by atoms with Gasteiger partial charge in [-0.05, 0) is 100 Å². The van der Waals surface area contributed by atoms with Crippen molar-refractivity contribution in [2.75, 3.05) is 4.90 Å². The van der Waals surface area contributed by atoms with Crippen molar-refractivity contribution in [3.05, 3.63) is 200 Å². The molecule has 0 saturated carbocycles. The molecule has 0 N–H and O–H groups in total. The lowest BCUT2D eigenvalue weighted by molar-refractivity contribution is 0.633. The Morgan fingerprint density at radius 3 is 1.51 bits per heavy atom. The Morgan fingerprint density at radius 2 is 0.849 bits per heavy atom. The molecule has 0 fully saturated rings. The summed E-state index contributed by atoms with van der Waals surface area (Å²) in [5.74, 6) is 0.854. The maximum atomic E-state index is 6.45. The summed E-state index contributed by atoms with van der Waals surface area (Å²) in [4.78, 5) is 2.33. The minimum Gasteiger partial charge on any atom is -0.456 e. The van der Waals surface area contributed by atoms with Crippen LogP contribution in [0.15, 0.2) is 209 Å². The number of anilines is 3. The smallest absolute Gasteiger partial charge is 0.146 e. The third-order valence-electron chi connectivity index (χ3n) is 10.1. The standard InChI is InChI=1S/C50H33NO2/c1-4-11-34(12-5-1)36-19-25-42(26-20-36)51(44-18-10-17-39(31-44)35-13-6-2-7-14-35)43-27-21-37(22-28-43)40-23-29-45-48(32-40)52-46-30-24-41-33-47(53-50(41)49(45)46)38-15-8-3-9-16-38/h1-33H. The van der Waals surface area contributed by atoms with Crippen molar-refractivity contribution in [3.63, 3.8) is 0 Å². The topological polar surface area (TPSA) is 29.5 Å². The van der Waals surface area contributed by atoms with E-state index in [1.165, 1.54) is 22.3 Å². The predicted octanol–water partition coefficient (Wildman–Crippen LogP) is 14.5. The van der Waals surface area contributed by atoms with E-state index in [1.54, 1.807) is 0 Å². The molecule has 10 aromatic rings. The third kappa shape index (κ3) is 5.65. The lowest BCUT2D eigenvalue weighted by Crippen LogP contribution is -2.10. The van der Waals surface area contributed by atoms with Crippen LogP contribution in [0.1, 0.15) is 0 Å². The van der Waals surface area contributed by atoms with Gasteiger partial charge in [0.05, 0.1) is 5.39 Å². The summed E-state index contributed by atoms with van der Waals surface area (Å²) < 4.78 is 12.9. The average molecular weight is 680 g/mol. The lowest BCUT2D eigenvalue weighted by Gasteiger charge is -2.26. The summed E-state index contributed by atoms with van der Waals surface area (Å²) in [5.41, 5.74) is 13.8. The second kappa shape index (κ2) is 12.9. The SMILES string of the molecule is c1ccc(-c2ccc(N(c3ccc(-c4ccc5c(c4)oc4ccc6cc(-c7ccccc7)oc6c45)cc3)c3cccc(-c4ccccc4)c3)cc2)cc1. The van der Waals surface area contributed by atoms with Crippen molar-refractivity contribution in [2.45, 2.75) is 0 Å². The van der Waals surface area contributed by atoms with Crippen LogP contribution in [-0.4, -0.2) is 0 Å². The van der Waals surface area contributed by atoms with Crippen LogP contribution in [0.4, 0.5) is 17.1 Å². The molecule has 53 heavy (non-hydrogen) atoms. The van der Waals surface area contributed by atoms with E-state index in [2.05, 4.69) is 181 Å². The number of hydrogen-bond acceptors (Lipinski definition) is 3. The van der Waals surface area contributed by atoms with E-state index in [1.807, 2.05) is 24.3 Å². The number of rotatable bonds is 7. The van der Waals surface area contributed by atoms with Gasteiger partial charge in [-0.15, -0.1) is 0 Å². The van der Waals surface area contributed by atoms with Gasteiger partial charge >= 0.3 is 0 Å². The lowest BCUT2D eigenvalue weighted by atomic mass is 10.0. The minimum atomic E-state index is 0.820. The van der Waals surface area contributed by atoms with Gasteiger partial charge in [0.1, 0.15) is 22.5 Å². The summed E-state index contributed by atoms with van der Waals surface area (Å²) in [5, 5.41) is 3.11. The number of furan rings is 2. The zero-order chi connectivity index (χ0) is 35.1. The van der Waals surface area contributed by atoms with E-state index >= 15 is 0 Å². The molecule has 3 nitrogen and oxygen atoms in total. The molecule has 0 spiro atoms. The Labute approximate surface area is 307 Å². The minimum absolute atomic E-state index is 0.820. The number of hydrogen-bond donors (Lipinski definition) is 0. The fourth-order valence-corrected chi connectivity index (χ4v) is 7.42. The van der Waals surface area contributed by atoms with Crippen molar-refractivity contribution >= 4 is 50.0 Å². The Kier molecular flexibility index (Phi) is 7.47. The quantitative estimate of drug-likeness (QED) is 0.168. The number of nitrogens with zero attached hydrogens (tertiary/aromatic N) is 1. The van der Waals surface area contributed by atoms with Gasteiger partial charge in [-0.3, -0.25) is 0 Å². The molecule has 0 aliphatic carbocycles. The molecule has 0 unspecified atom stereocenters. The van der Waals surface area contributed by atoms with E-state index in [0.29, 0.717) is 0 Å². The first kappa shape index (κ1) is 30.7. The molecule has 2 heterocycles. The largest absolute Gasteiger partial charge is 0.456 e. The molecule has 0 radical (unpaired) electrons. The van der Waals surface area contributed by atoms with Gasteiger partial charge in [0.15, 0.2) is 0 Å². The Hall–Kier alpha value is -7.10. The maximum absolute atomic E-state index is 6.45. The Balaban J connectivity index is 1.02. The van der Waals surface area contributed by atoms with Crippen LogP contribution in [-0.2, 0) is 0 Å². The van der Waals surface area contributed by atoms with Crippen LogP contribution in [0.3, 0.4) is 0 Å². The second-order valence-corrected chi connectivity index (χ2v) is 13.4. The molecule has 3 heteroatoms. The number of benzene rings is 8. The van der Waals surface area contributed by atoms with Gasteiger partial charge in [0.25, 0.3) is 0 Å². The van der Waals surface area contributed by atoms with Crippen LogP contribution in [0.25, 0.3) is 77.6 Å². The molecule has 0 bridgehead atoms. The monoisotopic (exact) mass is 679 g/mol. The Morgan fingerprint density at radius 1 is 0.321 bits per heavy atom. The zero-order valence-electron chi connectivity index (χ0n) is 28.8. The van der Waals surface area contributed by atoms with Gasteiger partial charge in [0.2, 0.25) is 0 Å². The molecule has 250 valence electrons. The molecular weight excluding hydrogens is 647 g/mol. The van der Waals surface area contributed by atoms with Crippen molar-refractivity contribution in [3.8, 4) is 44.7 Å². The Bertz CT molecular complexity index is 2850. The fourth-order valence-electron chi connectivity index (χ4n) is 7.42. The highest BCUT2D eigenvalue weighted by Crippen LogP contribution is 2.41. The van der Waals surface area contributed by atoms with Crippen LogP contribution in [0.2, 0.25) is 0 Å². The van der Waals surface area contributed by atoms with Gasteiger partial charge in [-0.25, -0.2) is 0 Å². The molecular formula is C50H33NO2. The van der Waals surface area contributed by atoms with Crippen LogP contribution < -0.4 is 4.90 Å². The summed E-state index contributed by atoms with van der Waals surface area (Å²) in [6, 6.07) is 70.4. The van der Waals surface area contributed by atoms with Crippen LogP contribution >= 0.6 is 0 Å². The first-order chi connectivity index (χ1) is 26.2. The normalized spacial score (nSPS) is 11.4. The molecule has 0 saturated heterocycles. The number of fused-ring (bicyclic) bond motifs is 5. The molecule has 0 aliphatic rings. The van der Waals surface area contributed by atoms with E-state index in [9.17, 15) is 0 Å². The molecule has 0 aliphatic heterocycles. The van der Waals surface area contributed by atoms with Crippen molar-refractivity contribution < 1.29 is 8.83 Å². The van der Waals surface area contributed by atoms with Crippen molar-refractivity contribution in [1.82, 2.24) is 0 Å². The second-order valence-electron chi connectivity index (χ2n) is 13.4. The highest BCUT2D eigenvalue weighted by atomic mass is 16.3.